The summed E-state index contributed by atoms with van der Waals surface area (Å²) in [6, 6.07) is 15.5. The van der Waals surface area contributed by atoms with Crippen molar-refractivity contribution in [3.8, 4) is 11.5 Å². The third kappa shape index (κ3) is 11.6. The van der Waals surface area contributed by atoms with E-state index in [0.717, 1.165) is 54.8 Å². The molecule has 0 radical (unpaired) electrons. The topological polar surface area (TPSA) is 113 Å². The van der Waals surface area contributed by atoms with Gasteiger partial charge in [0.25, 0.3) is 5.91 Å². The number of rotatable bonds is 9. The number of carbonyl (C=O) groups excluding carboxylic acids is 2. The van der Waals surface area contributed by atoms with Crippen molar-refractivity contribution in [1.29, 1.82) is 0 Å². The van der Waals surface area contributed by atoms with Crippen molar-refractivity contribution >= 4 is 23.3 Å². The fourth-order valence-electron chi connectivity index (χ4n) is 5.91. The highest BCUT2D eigenvalue weighted by atomic mass is 19.4. The van der Waals surface area contributed by atoms with E-state index >= 15 is 0 Å². The second-order valence-electron chi connectivity index (χ2n) is 13.2. The van der Waals surface area contributed by atoms with E-state index in [1.807, 2.05) is 45.2 Å². The second kappa shape index (κ2) is 18.2. The van der Waals surface area contributed by atoms with Gasteiger partial charge in [0, 0.05) is 43.5 Å². The third-order valence-electron chi connectivity index (χ3n) is 8.88. The summed E-state index contributed by atoms with van der Waals surface area (Å²) < 4.78 is 56.9. The maximum absolute atomic E-state index is 14.4. The van der Waals surface area contributed by atoms with Crippen molar-refractivity contribution in [2.45, 2.75) is 71.0 Å². The van der Waals surface area contributed by atoms with Crippen LogP contribution in [0.2, 0.25) is 0 Å². The van der Waals surface area contributed by atoms with Gasteiger partial charge in [-0.2, -0.15) is 13.2 Å². The number of halogens is 3. The zero-order valence-corrected chi connectivity index (χ0v) is 29.8. The molecule has 1 aliphatic heterocycles. The van der Waals surface area contributed by atoms with E-state index in [1.165, 1.54) is 6.07 Å². The number of nitrogens with zero attached hydrogens (tertiary/aromatic N) is 2. The van der Waals surface area contributed by atoms with Gasteiger partial charge in [0.15, 0.2) is 0 Å². The number of ether oxygens (including phenoxy) is 3. The van der Waals surface area contributed by atoms with Gasteiger partial charge >= 0.3 is 12.2 Å². The van der Waals surface area contributed by atoms with Crippen LogP contribution in [-0.4, -0.2) is 85.6 Å². The summed E-state index contributed by atoms with van der Waals surface area (Å²) in [5, 5.41) is 15.4. The van der Waals surface area contributed by atoms with Crippen molar-refractivity contribution in [3.05, 3.63) is 83.4 Å². The van der Waals surface area contributed by atoms with Crippen LogP contribution in [0.15, 0.2) is 66.7 Å². The van der Waals surface area contributed by atoms with E-state index in [4.69, 9.17) is 14.2 Å². The fourth-order valence-corrected chi connectivity index (χ4v) is 5.91. The number of anilines is 2. The molecule has 0 saturated heterocycles. The molecule has 4 atom stereocenters. The van der Waals surface area contributed by atoms with Crippen LogP contribution in [0, 0.1) is 5.92 Å². The molecule has 10 nitrogen and oxygen atoms in total. The van der Waals surface area contributed by atoms with E-state index < -0.39 is 23.8 Å². The molecule has 13 heteroatoms. The lowest BCUT2D eigenvalue weighted by molar-refractivity contribution is -0.137. The molecule has 0 bridgehead atoms. The first kappa shape index (κ1) is 39.5. The Kier molecular flexibility index (Phi) is 14.1. The number of aliphatic hydroxyl groups excluding tert-OH is 1. The first-order valence-electron chi connectivity index (χ1n) is 17.2. The summed E-state index contributed by atoms with van der Waals surface area (Å²) in [6.45, 7) is 7.59. The normalized spacial score (nSPS) is 19.8. The summed E-state index contributed by atoms with van der Waals surface area (Å²) in [5.74, 6) is 0.619. The van der Waals surface area contributed by atoms with Crippen LogP contribution in [0.1, 0.15) is 61.5 Å². The number of hydrogen-bond acceptors (Lipinski definition) is 7. The smallest absolute Gasteiger partial charge is 0.416 e. The summed E-state index contributed by atoms with van der Waals surface area (Å²) in [4.78, 5) is 31.0. The van der Waals surface area contributed by atoms with Gasteiger partial charge in [-0.3, -0.25) is 9.69 Å². The Bertz CT molecular complexity index is 1570. The number of hydrogen-bond donors (Lipinski definition) is 3. The maximum Gasteiger partial charge on any atom is 0.416 e. The maximum atomic E-state index is 14.4. The molecule has 3 aromatic rings. The number of likely N-dealkylation sites (N-methyl/N-ethyl adjacent to an activating group) is 1. The first-order valence-corrected chi connectivity index (χ1v) is 17.2. The van der Waals surface area contributed by atoms with Gasteiger partial charge in [-0.15, -0.1) is 0 Å². The minimum Gasteiger partial charge on any atom is -0.497 e. The molecule has 278 valence electrons. The highest BCUT2D eigenvalue weighted by Crippen LogP contribution is 2.31. The van der Waals surface area contributed by atoms with Gasteiger partial charge in [-0.1, -0.05) is 19.1 Å². The lowest BCUT2D eigenvalue weighted by Gasteiger charge is -2.36. The molecule has 0 aromatic heterocycles. The zero-order chi connectivity index (χ0) is 37.1. The Hall–Kier alpha value is -4.33. The van der Waals surface area contributed by atoms with Crippen molar-refractivity contribution in [3.63, 3.8) is 0 Å². The van der Waals surface area contributed by atoms with Crippen LogP contribution >= 0.6 is 0 Å². The number of benzene rings is 3. The van der Waals surface area contributed by atoms with Gasteiger partial charge in [0.1, 0.15) is 11.5 Å². The highest BCUT2D eigenvalue weighted by molar-refractivity contribution is 6.02. The standard InChI is InChI=1S/C38H49F3N4O6/c1-25-21-45(26(2)24-46)36(47)33-20-31(43-37(48)42-30-13-11-29(12-14-30)38(39,40)41)15-18-34(33)51-27(3)8-6-7-19-50-35(25)23-44(4)22-28-9-16-32(49-5)17-10-28/h9-18,20,25-27,35,46H,6-8,19,21-24H2,1-5H3,(H2,42,43,48)/t25-,26-,27-,35-/m0/s1. The summed E-state index contributed by atoms with van der Waals surface area (Å²) in [6.07, 6.45) is -2.53. The summed E-state index contributed by atoms with van der Waals surface area (Å²) in [7, 11) is 3.66. The molecule has 3 aromatic carbocycles. The van der Waals surface area contributed by atoms with E-state index in [1.54, 1.807) is 31.1 Å². The lowest BCUT2D eigenvalue weighted by atomic mass is 10.0. The lowest BCUT2D eigenvalue weighted by Crippen LogP contribution is -2.47. The second-order valence-corrected chi connectivity index (χ2v) is 13.2. The number of alkyl halides is 3. The minimum absolute atomic E-state index is 0.122. The van der Waals surface area contributed by atoms with Crippen LogP contribution in [-0.2, 0) is 17.5 Å². The van der Waals surface area contributed by atoms with Gasteiger partial charge in [0.2, 0.25) is 0 Å². The molecule has 1 heterocycles. The van der Waals surface area contributed by atoms with Gasteiger partial charge in [0.05, 0.1) is 43.1 Å². The Morgan fingerprint density at radius 2 is 1.71 bits per heavy atom. The number of urea groups is 1. The molecular weight excluding hydrogens is 665 g/mol. The van der Waals surface area contributed by atoms with Crippen LogP contribution in [0.5, 0.6) is 11.5 Å². The van der Waals surface area contributed by atoms with Crippen LogP contribution in [0.25, 0.3) is 0 Å². The molecule has 1 aliphatic rings. The Balaban J connectivity index is 1.56. The molecule has 0 fully saturated rings. The van der Waals surface area contributed by atoms with Crippen molar-refractivity contribution < 1.29 is 42.1 Å². The number of amides is 3. The van der Waals surface area contributed by atoms with E-state index in [-0.39, 0.29) is 54.1 Å². The SMILES string of the molecule is COc1ccc(CN(C)C[C@@H]2OCCCC[C@H](C)Oc3ccc(NC(=O)Nc4ccc(C(F)(F)F)cc4)cc3C(=O)N([C@@H](C)CO)C[C@@H]2C)cc1. The number of carbonyl (C=O) groups is 2. The summed E-state index contributed by atoms with van der Waals surface area (Å²) in [5.41, 5.74) is 0.931. The monoisotopic (exact) mass is 714 g/mol. The third-order valence-corrected chi connectivity index (χ3v) is 8.88. The molecule has 3 amide bonds. The molecule has 3 N–H and O–H groups in total. The quantitative estimate of drug-likeness (QED) is 0.214. The average Bonchev–Trinajstić information content (AvgIpc) is 3.09. The number of nitrogens with one attached hydrogen (secondary N) is 2. The van der Waals surface area contributed by atoms with Gasteiger partial charge in [-0.25, -0.2) is 4.79 Å². The summed E-state index contributed by atoms with van der Waals surface area (Å²) >= 11 is 0. The number of methoxy groups -OCH3 is 1. The predicted molar refractivity (Wildman–Crippen MR) is 190 cm³/mol. The van der Waals surface area contributed by atoms with Crippen LogP contribution < -0.4 is 20.1 Å². The van der Waals surface area contributed by atoms with Crippen molar-refractivity contribution in [2.75, 3.05) is 51.1 Å². The fraction of sp³-hybridized carbons (Fsp3) is 0.474. The molecule has 0 spiro atoms. The molecule has 4 rings (SSSR count). The van der Waals surface area contributed by atoms with Crippen LogP contribution in [0.3, 0.4) is 0 Å². The Labute approximate surface area is 297 Å². The molecule has 0 saturated carbocycles. The predicted octanol–water partition coefficient (Wildman–Crippen LogP) is 7.29. The Morgan fingerprint density at radius 3 is 2.35 bits per heavy atom. The van der Waals surface area contributed by atoms with Gasteiger partial charge < -0.3 is 34.9 Å². The molecule has 0 aliphatic carbocycles. The van der Waals surface area contributed by atoms with Crippen molar-refractivity contribution in [1.82, 2.24) is 9.80 Å². The Morgan fingerprint density at radius 1 is 1.04 bits per heavy atom. The highest BCUT2D eigenvalue weighted by Gasteiger charge is 2.31. The average molecular weight is 715 g/mol. The zero-order valence-electron chi connectivity index (χ0n) is 29.8. The van der Waals surface area contributed by atoms with Crippen molar-refractivity contribution in [2.24, 2.45) is 5.92 Å². The molecule has 51 heavy (non-hydrogen) atoms. The molecule has 0 unspecified atom stereocenters. The van der Waals surface area contributed by atoms with E-state index in [9.17, 15) is 27.9 Å². The number of aliphatic hydroxyl groups is 1. The molecular formula is C38H49F3N4O6. The largest absolute Gasteiger partial charge is 0.497 e. The van der Waals surface area contributed by atoms with Gasteiger partial charge in [-0.05, 0) is 100 Å². The van der Waals surface area contributed by atoms with E-state index in [0.29, 0.717) is 25.4 Å². The first-order chi connectivity index (χ1) is 24.3. The van der Waals surface area contributed by atoms with E-state index in [2.05, 4.69) is 15.5 Å². The number of fused-ring (bicyclic) bond motifs is 1. The van der Waals surface area contributed by atoms with Crippen LogP contribution in [0.4, 0.5) is 29.3 Å². The minimum atomic E-state index is -4.50.